The number of fused-ring (bicyclic) bond motifs is 1. The molecule has 3 aliphatic carbocycles. The summed E-state index contributed by atoms with van der Waals surface area (Å²) < 4.78 is 44.2. The molecule has 39 heavy (non-hydrogen) atoms. The highest BCUT2D eigenvalue weighted by Crippen LogP contribution is 2.36. The number of carbonyl (C=O) groups is 1. The van der Waals surface area contributed by atoms with Crippen LogP contribution in [-0.2, 0) is 4.79 Å². The summed E-state index contributed by atoms with van der Waals surface area (Å²) in [5.74, 6) is -2.37. The summed E-state index contributed by atoms with van der Waals surface area (Å²) in [6, 6.07) is 1.59. The maximum Gasteiger partial charge on any atom is 0.224 e. The van der Waals surface area contributed by atoms with Gasteiger partial charge in [0.15, 0.2) is 17.3 Å². The van der Waals surface area contributed by atoms with Gasteiger partial charge in [-0.05, 0) is 64.2 Å². The lowest BCUT2D eigenvalue weighted by Crippen LogP contribution is -2.37. The normalized spacial score (nSPS) is 25.4. The number of rotatable bonds is 7. The van der Waals surface area contributed by atoms with Gasteiger partial charge < -0.3 is 21.1 Å². The first-order chi connectivity index (χ1) is 18.8. The van der Waals surface area contributed by atoms with Gasteiger partial charge in [-0.3, -0.25) is 9.36 Å². The minimum absolute atomic E-state index is 0.0380. The minimum atomic E-state index is -1.07. The molecule has 4 N–H and O–H groups in total. The third kappa shape index (κ3) is 5.66. The van der Waals surface area contributed by atoms with E-state index < -0.39 is 29.2 Å². The first kappa shape index (κ1) is 25.8. The monoisotopic (exact) mass is 543 g/mol. The fourth-order valence-electron chi connectivity index (χ4n) is 5.71. The first-order valence-corrected chi connectivity index (χ1v) is 13.8. The summed E-state index contributed by atoms with van der Waals surface area (Å²) in [6.07, 6.45) is 8.98. The first-order valence-electron chi connectivity index (χ1n) is 13.8. The number of hydrogen-bond acceptors (Lipinski definition) is 7. The third-order valence-electron chi connectivity index (χ3n) is 8.06. The van der Waals surface area contributed by atoms with Gasteiger partial charge in [0.1, 0.15) is 17.0 Å². The maximum atomic E-state index is 14.5. The van der Waals surface area contributed by atoms with E-state index in [1.807, 2.05) is 0 Å². The quantitative estimate of drug-likeness (QED) is 0.341. The largest absolute Gasteiger partial charge is 0.393 e. The standard InChI is InChI=1S/C27H32F3N7O2/c28-15-11-20(29)23(21(30)12-15)35-27-34-22-13-31-26(36-24(22)37(27)18-7-9-19(38)10-8-18)33-17-3-1-14(2-4-17)25(39)32-16-5-6-16/h11-14,16-19,38H,1-10H2,(H,32,39)(H,34,35)(H,31,33,36)/t14-,17-,18-,19+. The Hall–Kier alpha value is -3.41. The highest BCUT2D eigenvalue weighted by Gasteiger charge is 2.31. The number of aromatic nitrogens is 4. The highest BCUT2D eigenvalue weighted by atomic mass is 19.1. The molecule has 1 amide bonds. The van der Waals surface area contributed by atoms with Crippen molar-refractivity contribution in [2.24, 2.45) is 5.92 Å². The van der Waals surface area contributed by atoms with Gasteiger partial charge in [-0.25, -0.2) is 23.1 Å². The average Bonchev–Trinajstić information content (AvgIpc) is 3.65. The molecule has 0 aliphatic heterocycles. The number of halogens is 3. The minimum Gasteiger partial charge on any atom is -0.393 e. The molecule has 0 unspecified atom stereocenters. The molecule has 6 rings (SSSR count). The zero-order valence-corrected chi connectivity index (χ0v) is 21.5. The molecule has 208 valence electrons. The van der Waals surface area contributed by atoms with E-state index in [1.165, 1.54) is 0 Å². The summed E-state index contributed by atoms with van der Waals surface area (Å²) in [6.45, 7) is 0. The summed E-state index contributed by atoms with van der Waals surface area (Å²) in [7, 11) is 0. The molecule has 3 fully saturated rings. The number of benzene rings is 1. The zero-order valence-electron chi connectivity index (χ0n) is 21.5. The number of carbonyl (C=O) groups excluding carboxylic acids is 1. The van der Waals surface area contributed by atoms with Crippen LogP contribution in [0.25, 0.3) is 11.2 Å². The van der Waals surface area contributed by atoms with Crippen molar-refractivity contribution in [1.82, 2.24) is 24.8 Å². The topological polar surface area (TPSA) is 117 Å². The number of amides is 1. The predicted molar refractivity (Wildman–Crippen MR) is 139 cm³/mol. The van der Waals surface area contributed by atoms with Crippen LogP contribution in [0.2, 0.25) is 0 Å². The second-order valence-corrected chi connectivity index (χ2v) is 11.0. The maximum absolute atomic E-state index is 14.5. The van der Waals surface area contributed by atoms with Crippen molar-refractivity contribution in [2.45, 2.75) is 88.4 Å². The molecule has 2 heterocycles. The van der Waals surface area contributed by atoms with Crippen molar-refractivity contribution in [1.29, 1.82) is 0 Å². The molecule has 0 spiro atoms. The van der Waals surface area contributed by atoms with Crippen LogP contribution in [0.4, 0.5) is 30.8 Å². The molecule has 2 aromatic heterocycles. The summed E-state index contributed by atoms with van der Waals surface area (Å²) >= 11 is 0. The Bertz CT molecular complexity index is 1340. The number of aliphatic hydroxyl groups is 1. The van der Waals surface area contributed by atoms with Gasteiger partial charge in [0, 0.05) is 36.2 Å². The molecule has 3 aliphatic rings. The lowest BCUT2D eigenvalue weighted by Gasteiger charge is -2.29. The van der Waals surface area contributed by atoms with Crippen LogP contribution < -0.4 is 16.0 Å². The van der Waals surface area contributed by atoms with Gasteiger partial charge in [-0.15, -0.1) is 0 Å². The van der Waals surface area contributed by atoms with Crippen LogP contribution in [0.1, 0.15) is 70.3 Å². The Kier molecular flexibility index (Phi) is 7.05. The van der Waals surface area contributed by atoms with Gasteiger partial charge in [-0.1, -0.05) is 0 Å². The van der Waals surface area contributed by atoms with Crippen LogP contribution in [-0.4, -0.2) is 48.7 Å². The highest BCUT2D eigenvalue weighted by molar-refractivity contribution is 5.79. The molecule has 0 radical (unpaired) electrons. The second kappa shape index (κ2) is 10.6. The molecule has 12 heteroatoms. The molecule has 0 saturated heterocycles. The molecule has 0 atom stereocenters. The van der Waals surface area contributed by atoms with Gasteiger partial charge in [0.25, 0.3) is 0 Å². The van der Waals surface area contributed by atoms with Crippen molar-refractivity contribution >= 4 is 34.7 Å². The molecular weight excluding hydrogens is 511 g/mol. The summed E-state index contributed by atoms with van der Waals surface area (Å²) in [4.78, 5) is 26.1. The van der Waals surface area contributed by atoms with E-state index in [0.717, 1.165) is 38.5 Å². The second-order valence-electron chi connectivity index (χ2n) is 11.0. The fraction of sp³-hybridized carbons (Fsp3) is 0.556. The molecule has 0 bridgehead atoms. The molecule has 1 aromatic carbocycles. The van der Waals surface area contributed by atoms with E-state index in [0.29, 0.717) is 61.0 Å². The molecule has 9 nitrogen and oxygen atoms in total. The van der Waals surface area contributed by atoms with Crippen molar-refractivity contribution in [3.8, 4) is 0 Å². The summed E-state index contributed by atoms with van der Waals surface area (Å²) in [5, 5.41) is 19.2. The van der Waals surface area contributed by atoms with Gasteiger partial charge in [-0.2, -0.15) is 4.98 Å². The number of imidazole rings is 1. The van der Waals surface area contributed by atoms with Crippen LogP contribution >= 0.6 is 0 Å². The van der Waals surface area contributed by atoms with E-state index in [9.17, 15) is 23.1 Å². The lowest BCUT2D eigenvalue weighted by atomic mass is 9.85. The van der Waals surface area contributed by atoms with Gasteiger partial charge in [0.2, 0.25) is 17.8 Å². The smallest absolute Gasteiger partial charge is 0.224 e. The summed E-state index contributed by atoms with van der Waals surface area (Å²) in [5.41, 5.74) is 0.437. The van der Waals surface area contributed by atoms with Crippen molar-refractivity contribution in [3.63, 3.8) is 0 Å². The van der Waals surface area contributed by atoms with E-state index in [2.05, 4.69) is 25.9 Å². The Labute approximate surface area is 223 Å². The molecule has 3 aromatic rings. The Morgan fingerprint density at radius 2 is 1.56 bits per heavy atom. The number of nitrogens with one attached hydrogen (secondary N) is 3. The molecule has 3 saturated carbocycles. The Morgan fingerprint density at radius 1 is 0.897 bits per heavy atom. The lowest BCUT2D eigenvalue weighted by molar-refractivity contribution is -0.126. The van der Waals surface area contributed by atoms with Crippen molar-refractivity contribution in [2.75, 3.05) is 10.6 Å². The van der Waals surface area contributed by atoms with E-state index in [4.69, 9.17) is 4.98 Å². The van der Waals surface area contributed by atoms with Crippen molar-refractivity contribution < 1.29 is 23.1 Å². The van der Waals surface area contributed by atoms with Gasteiger partial charge in [0.05, 0.1) is 12.3 Å². The number of anilines is 3. The number of nitrogens with zero attached hydrogens (tertiary/aromatic N) is 4. The predicted octanol–water partition coefficient (Wildman–Crippen LogP) is 4.71. The van der Waals surface area contributed by atoms with Crippen LogP contribution in [0.15, 0.2) is 18.3 Å². The van der Waals surface area contributed by atoms with Crippen LogP contribution in [0.3, 0.4) is 0 Å². The average molecular weight is 544 g/mol. The van der Waals surface area contributed by atoms with E-state index in [1.54, 1.807) is 10.8 Å². The Morgan fingerprint density at radius 3 is 2.23 bits per heavy atom. The van der Waals surface area contributed by atoms with E-state index >= 15 is 0 Å². The van der Waals surface area contributed by atoms with Crippen molar-refractivity contribution in [3.05, 3.63) is 35.8 Å². The van der Waals surface area contributed by atoms with Crippen LogP contribution in [0.5, 0.6) is 0 Å². The Balaban J connectivity index is 1.24. The van der Waals surface area contributed by atoms with E-state index in [-0.39, 0.29) is 29.9 Å². The number of hydrogen-bond donors (Lipinski definition) is 4. The SMILES string of the molecule is O=C(NC1CC1)[C@H]1CC[C@H](Nc2ncc3nc(Nc4c(F)cc(F)cc4F)n([C@H]4CC[C@@H](O)CC4)c3n2)CC1. The fourth-order valence-corrected chi connectivity index (χ4v) is 5.71. The van der Waals surface area contributed by atoms with Gasteiger partial charge >= 0.3 is 0 Å². The number of aliphatic hydroxyl groups excluding tert-OH is 1. The van der Waals surface area contributed by atoms with Crippen LogP contribution in [0, 0.1) is 23.4 Å². The third-order valence-corrected chi connectivity index (χ3v) is 8.06. The molecular formula is C27H32F3N7O2. The zero-order chi connectivity index (χ0) is 27.1.